The third kappa shape index (κ3) is 3.54. The van der Waals surface area contributed by atoms with Crippen molar-refractivity contribution in [2.24, 2.45) is 5.92 Å². The molecule has 114 valence electrons. The maximum Gasteiger partial charge on any atom is 0.319 e. The van der Waals surface area contributed by atoms with Gasteiger partial charge in [-0.3, -0.25) is 4.79 Å². The molecule has 0 radical (unpaired) electrons. The zero-order chi connectivity index (χ0) is 15.4. The first-order valence-corrected chi connectivity index (χ1v) is 7.17. The van der Waals surface area contributed by atoms with E-state index in [1.807, 2.05) is 0 Å². The van der Waals surface area contributed by atoms with Gasteiger partial charge in [0.15, 0.2) is 5.78 Å². The van der Waals surface area contributed by atoms with Gasteiger partial charge >= 0.3 is 6.03 Å². The molecule has 0 N–H and O–H groups in total. The fourth-order valence-electron chi connectivity index (χ4n) is 2.64. The molecule has 2 rings (SSSR count). The molecule has 0 aromatic heterocycles. The SMILES string of the molecule is COc1ccc(C(=O)C2CCCN(C(=O)N(C)C)C2)cc1. The number of nitrogens with zero attached hydrogens (tertiary/aromatic N) is 2. The number of likely N-dealkylation sites (tertiary alicyclic amines) is 1. The van der Waals surface area contributed by atoms with Crippen molar-refractivity contribution in [2.45, 2.75) is 12.8 Å². The summed E-state index contributed by atoms with van der Waals surface area (Å²) in [5.74, 6) is 0.726. The molecule has 0 saturated carbocycles. The summed E-state index contributed by atoms with van der Waals surface area (Å²) in [5.41, 5.74) is 0.681. The molecule has 1 saturated heterocycles. The van der Waals surface area contributed by atoms with E-state index >= 15 is 0 Å². The maximum atomic E-state index is 12.5. The average molecular weight is 290 g/mol. The molecule has 0 bridgehead atoms. The lowest BCUT2D eigenvalue weighted by atomic mass is 9.90. The lowest BCUT2D eigenvalue weighted by Gasteiger charge is -2.33. The van der Waals surface area contributed by atoms with Crippen molar-refractivity contribution in [3.63, 3.8) is 0 Å². The molecule has 1 atom stereocenters. The van der Waals surface area contributed by atoms with Gasteiger partial charge in [0.25, 0.3) is 0 Å². The summed E-state index contributed by atoms with van der Waals surface area (Å²) >= 11 is 0. The standard InChI is InChI=1S/C16H22N2O3/c1-17(2)16(20)18-10-4-5-13(11-18)15(19)12-6-8-14(21-3)9-7-12/h6-9,13H,4-5,10-11H2,1-3H3. The van der Waals surface area contributed by atoms with Gasteiger partial charge in [-0.2, -0.15) is 0 Å². The molecule has 0 spiro atoms. The normalized spacial score (nSPS) is 18.2. The predicted octanol–water partition coefficient (Wildman–Crippen LogP) is 2.27. The lowest BCUT2D eigenvalue weighted by molar-refractivity contribution is 0.0831. The third-order valence-electron chi connectivity index (χ3n) is 3.82. The summed E-state index contributed by atoms with van der Waals surface area (Å²) in [4.78, 5) is 27.9. The number of Topliss-reactive ketones (excluding diaryl/α,β-unsaturated/α-hetero) is 1. The molecule has 1 aliphatic rings. The number of carbonyl (C=O) groups is 2. The van der Waals surface area contributed by atoms with Crippen LogP contribution in [-0.4, -0.2) is 55.9 Å². The summed E-state index contributed by atoms with van der Waals surface area (Å²) in [7, 11) is 5.07. The summed E-state index contributed by atoms with van der Waals surface area (Å²) in [6, 6.07) is 7.13. The number of hydrogen-bond acceptors (Lipinski definition) is 3. The Kier molecular flexibility index (Phi) is 4.83. The van der Waals surface area contributed by atoms with Crippen molar-refractivity contribution in [1.29, 1.82) is 0 Å². The first-order chi connectivity index (χ1) is 10.0. The van der Waals surface area contributed by atoms with Gasteiger partial charge in [0, 0.05) is 38.7 Å². The van der Waals surface area contributed by atoms with E-state index in [4.69, 9.17) is 4.74 Å². The molecule has 1 unspecified atom stereocenters. The lowest BCUT2D eigenvalue weighted by Crippen LogP contribution is -2.46. The Hall–Kier alpha value is -2.04. The van der Waals surface area contributed by atoms with E-state index in [2.05, 4.69) is 0 Å². The van der Waals surface area contributed by atoms with Gasteiger partial charge in [0.2, 0.25) is 0 Å². The van der Waals surface area contributed by atoms with Gasteiger partial charge in [-0.25, -0.2) is 4.79 Å². The first-order valence-electron chi connectivity index (χ1n) is 7.17. The van der Waals surface area contributed by atoms with Crippen LogP contribution in [0.25, 0.3) is 0 Å². The Morgan fingerprint density at radius 1 is 1.24 bits per heavy atom. The maximum absolute atomic E-state index is 12.5. The molecule has 1 heterocycles. The third-order valence-corrected chi connectivity index (χ3v) is 3.82. The molecule has 21 heavy (non-hydrogen) atoms. The van der Waals surface area contributed by atoms with Crippen LogP contribution in [0.3, 0.4) is 0 Å². The second kappa shape index (κ2) is 6.61. The Morgan fingerprint density at radius 2 is 1.90 bits per heavy atom. The molecule has 5 nitrogen and oxygen atoms in total. The number of rotatable bonds is 3. The molecule has 1 aromatic rings. The minimum Gasteiger partial charge on any atom is -0.497 e. The van der Waals surface area contributed by atoms with Crippen LogP contribution in [0.5, 0.6) is 5.75 Å². The van der Waals surface area contributed by atoms with Gasteiger partial charge in [-0.1, -0.05) is 0 Å². The van der Waals surface area contributed by atoms with E-state index in [1.54, 1.807) is 55.3 Å². The fraction of sp³-hybridized carbons (Fsp3) is 0.500. The topological polar surface area (TPSA) is 49.9 Å². The van der Waals surface area contributed by atoms with Gasteiger partial charge in [-0.05, 0) is 37.1 Å². The van der Waals surface area contributed by atoms with E-state index in [-0.39, 0.29) is 17.7 Å². The van der Waals surface area contributed by atoms with Crippen molar-refractivity contribution in [3.8, 4) is 5.75 Å². The van der Waals surface area contributed by atoms with E-state index in [0.717, 1.165) is 25.1 Å². The van der Waals surface area contributed by atoms with Crippen LogP contribution in [0.1, 0.15) is 23.2 Å². The molecular formula is C16H22N2O3. The van der Waals surface area contributed by atoms with E-state index < -0.39 is 0 Å². The number of ether oxygens (including phenoxy) is 1. The van der Waals surface area contributed by atoms with Crippen molar-refractivity contribution in [1.82, 2.24) is 9.80 Å². The predicted molar refractivity (Wildman–Crippen MR) is 80.7 cm³/mol. The average Bonchev–Trinajstić information content (AvgIpc) is 2.53. The smallest absolute Gasteiger partial charge is 0.319 e. The van der Waals surface area contributed by atoms with Gasteiger partial charge in [0.1, 0.15) is 5.75 Å². The number of piperidine rings is 1. The minimum atomic E-state index is -0.115. The van der Waals surface area contributed by atoms with Gasteiger partial charge < -0.3 is 14.5 Å². The van der Waals surface area contributed by atoms with Crippen molar-refractivity contribution >= 4 is 11.8 Å². The quantitative estimate of drug-likeness (QED) is 0.802. The van der Waals surface area contributed by atoms with Gasteiger partial charge in [-0.15, -0.1) is 0 Å². The van der Waals surface area contributed by atoms with Crippen LogP contribution in [-0.2, 0) is 0 Å². The van der Waals surface area contributed by atoms with Crippen molar-refractivity contribution in [3.05, 3.63) is 29.8 Å². The second-order valence-corrected chi connectivity index (χ2v) is 5.55. The zero-order valence-electron chi connectivity index (χ0n) is 12.8. The summed E-state index contributed by atoms with van der Waals surface area (Å²) in [6.45, 7) is 1.23. The molecule has 5 heteroatoms. The summed E-state index contributed by atoms with van der Waals surface area (Å²) < 4.78 is 5.10. The fourth-order valence-corrected chi connectivity index (χ4v) is 2.64. The second-order valence-electron chi connectivity index (χ2n) is 5.55. The number of ketones is 1. The highest BCUT2D eigenvalue weighted by molar-refractivity contribution is 5.98. The Morgan fingerprint density at radius 3 is 2.48 bits per heavy atom. The monoisotopic (exact) mass is 290 g/mol. The summed E-state index contributed by atoms with van der Waals surface area (Å²) in [6.07, 6.45) is 1.70. The van der Waals surface area contributed by atoms with Gasteiger partial charge in [0.05, 0.1) is 7.11 Å². The van der Waals surface area contributed by atoms with E-state index in [0.29, 0.717) is 12.1 Å². The molecule has 2 amide bonds. The van der Waals surface area contributed by atoms with Crippen LogP contribution in [0.4, 0.5) is 4.79 Å². The zero-order valence-corrected chi connectivity index (χ0v) is 12.8. The number of benzene rings is 1. The van der Waals surface area contributed by atoms with Crippen molar-refractivity contribution < 1.29 is 14.3 Å². The number of urea groups is 1. The van der Waals surface area contributed by atoms with Crippen LogP contribution in [0, 0.1) is 5.92 Å². The highest BCUT2D eigenvalue weighted by Crippen LogP contribution is 2.22. The molecule has 1 aliphatic heterocycles. The van der Waals surface area contributed by atoms with E-state index in [1.165, 1.54) is 0 Å². The number of hydrogen-bond donors (Lipinski definition) is 0. The van der Waals surface area contributed by atoms with Crippen LogP contribution < -0.4 is 4.74 Å². The molecule has 1 fully saturated rings. The first kappa shape index (κ1) is 15.4. The Labute approximate surface area is 125 Å². The highest BCUT2D eigenvalue weighted by Gasteiger charge is 2.29. The molecule has 0 aliphatic carbocycles. The van der Waals surface area contributed by atoms with Crippen LogP contribution in [0.2, 0.25) is 0 Å². The molecular weight excluding hydrogens is 268 g/mol. The van der Waals surface area contributed by atoms with Crippen LogP contribution in [0.15, 0.2) is 24.3 Å². The molecule has 1 aromatic carbocycles. The van der Waals surface area contributed by atoms with Crippen LogP contribution >= 0.6 is 0 Å². The highest BCUT2D eigenvalue weighted by atomic mass is 16.5. The number of amides is 2. The van der Waals surface area contributed by atoms with E-state index in [9.17, 15) is 9.59 Å². The Balaban J connectivity index is 2.06. The summed E-state index contributed by atoms with van der Waals surface area (Å²) in [5, 5.41) is 0. The Bertz CT molecular complexity index is 511. The number of methoxy groups -OCH3 is 1. The minimum absolute atomic E-state index is 0.0257. The van der Waals surface area contributed by atoms with Crippen molar-refractivity contribution in [2.75, 3.05) is 34.3 Å². The largest absolute Gasteiger partial charge is 0.497 e. The number of carbonyl (C=O) groups excluding carboxylic acids is 2.